The molecule has 1 fully saturated rings. The number of aromatic nitrogens is 6. The molecule has 1 amide bonds. The van der Waals surface area contributed by atoms with Crippen molar-refractivity contribution >= 4 is 42.9 Å². The maximum absolute atomic E-state index is 16.2. The highest BCUT2D eigenvalue weighted by Gasteiger charge is 2.43. The molecule has 67 heavy (non-hydrogen) atoms. The summed E-state index contributed by atoms with van der Waals surface area (Å²) in [5, 5.41) is 12.3. The highest BCUT2D eigenvalue weighted by molar-refractivity contribution is 7.94. The van der Waals surface area contributed by atoms with Crippen LogP contribution in [0.25, 0.3) is 33.5 Å². The zero-order chi connectivity index (χ0) is 47.7. The lowest BCUT2D eigenvalue weighted by atomic mass is 9.98. The van der Waals surface area contributed by atoms with Gasteiger partial charge >= 0.3 is 6.09 Å². The quantitative estimate of drug-likeness (QED) is 0.109. The largest absolute Gasteiger partial charge is 0.497 e. The first-order valence-corrected chi connectivity index (χ1v) is 24.3. The SMILES string of the molecule is COc1ccc(CN(Cc2ccc(OC)cc2)S(=O)(=O)c2c(S(=O)(=O)[C@@H]3CCN(C(=O)OC(C)(C)C)C3)ccc(-c3cccc4[nH]c(N)nc34)c2-c2nnn(Cc3ccc(OC)cc3)n2)cc1. The summed E-state index contributed by atoms with van der Waals surface area (Å²) in [4.78, 5) is 22.4. The van der Waals surface area contributed by atoms with Crippen molar-refractivity contribution < 1.29 is 40.6 Å². The molecule has 1 saturated heterocycles. The summed E-state index contributed by atoms with van der Waals surface area (Å²) in [6.07, 6.45) is -0.662. The molecule has 2 aromatic heterocycles. The summed E-state index contributed by atoms with van der Waals surface area (Å²) < 4.78 is 86.1. The van der Waals surface area contributed by atoms with Gasteiger partial charge < -0.3 is 34.6 Å². The summed E-state index contributed by atoms with van der Waals surface area (Å²) in [6.45, 7) is 4.73. The van der Waals surface area contributed by atoms with Crippen LogP contribution in [0.3, 0.4) is 0 Å². The standard InChI is InChI=1S/C47H51N9O9S2/c1-47(2,3)65-46(57)54-25-24-36(29-54)66(58,59)40-23-22-37(38-8-7-9-39-42(38)50-45(48)49-39)41(44-51-53-56(52-44)28-32-14-20-35(64-6)21-15-32)43(40)67(60,61)55(26-30-10-16-33(62-4)17-11-30)27-31-12-18-34(63-5)19-13-31/h7-23,36H,24-29H2,1-6H3,(H3,48,49,50)/t36-/m1/s1. The molecule has 0 saturated carbocycles. The summed E-state index contributed by atoms with van der Waals surface area (Å²) in [5.41, 5.74) is 8.77. The van der Waals surface area contributed by atoms with Crippen LogP contribution in [0.1, 0.15) is 43.9 Å². The van der Waals surface area contributed by atoms with Crippen molar-refractivity contribution in [1.29, 1.82) is 0 Å². The Morgan fingerprint density at radius 2 is 1.37 bits per heavy atom. The molecule has 0 bridgehead atoms. The Morgan fingerprint density at radius 1 is 0.791 bits per heavy atom. The van der Waals surface area contributed by atoms with Crippen LogP contribution in [0, 0.1) is 0 Å². The number of aromatic amines is 1. The summed E-state index contributed by atoms with van der Waals surface area (Å²) in [6, 6.07) is 29.1. The van der Waals surface area contributed by atoms with Crippen molar-refractivity contribution in [2.24, 2.45) is 0 Å². The normalized spacial score (nSPS) is 14.4. The second kappa shape index (κ2) is 18.7. The number of sulfone groups is 1. The number of carbonyl (C=O) groups excluding carboxylic acids is 1. The molecule has 1 aliphatic rings. The molecule has 3 heterocycles. The maximum Gasteiger partial charge on any atom is 0.410 e. The van der Waals surface area contributed by atoms with Crippen LogP contribution in [-0.2, 0) is 44.2 Å². The number of nitrogen functional groups attached to an aromatic ring is 1. The van der Waals surface area contributed by atoms with Gasteiger partial charge in [-0.1, -0.05) is 54.6 Å². The number of sulfonamides is 1. The van der Waals surface area contributed by atoms with E-state index in [9.17, 15) is 4.79 Å². The fraction of sp³-hybridized carbons (Fsp3) is 0.298. The lowest BCUT2D eigenvalue weighted by molar-refractivity contribution is 0.0295. The van der Waals surface area contributed by atoms with E-state index in [1.54, 1.807) is 107 Å². The van der Waals surface area contributed by atoms with Gasteiger partial charge in [0.25, 0.3) is 0 Å². The number of hydrogen-bond donors (Lipinski definition) is 2. The summed E-state index contributed by atoms with van der Waals surface area (Å²) in [7, 11) is -4.92. The van der Waals surface area contributed by atoms with Gasteiger partial charge in [-0.05, 0) is 103 Å². The minimum absolute atomic E-state index is 0.0156. The van der Waals surface area contributed by atoms with E-state index in [0.717, 1.165) is 5.56 Å². The van der Waals surface area contributed by atoms with Crippen LogP contribution in [0.5, 0.6) is 17.2 Å². The molecule has 7 aromatic rings. The Kier molecular flexibility index (Phi) is 13.0. The number of fused-ring (bicyclic) bond motifs is 1. The van der Waals surface area contributed by atoms with E-state index < -0.39 is 46.6 Å². The Balaban J connectivity index is 1.38. The number of methoxy groups -OCH3 is 3. The highest BCUT2D eigenvalue weighted by Crippen LogP contribution is 2.44. The topological polar surface area (TPSA) is 227 Å². The minimum atomic E-state index is -4.94. The van der Waals surface area contributed by atoms with Crippen molar-refractivity contribution in [3.05, 3.63) is 120 Å². The van der Waals surface area contributed by atoms with Gasteiger partial charge in [0.1, 0.15) is 27.7 Å². The lowest BCUT2D eigenvalue weighted by Crippen LogP contribution is -2.37. The summed E-state index contributed by atoms with van der Waals surface area (Å²) >= 11 is 0. The molecular weight excluding hydrogens is 899 g/mol. The third-order valence-electron chi connectivity index (χ3n) is 11.3. The van der Waals surface area contributed by atoms with Crippen molar-refractivity contribution in [3.8, 4) is 39.8 Å². The number of benzene rings is 5. The van der Waals surface area contributed by atoms with Crippen LogP contribution in [0.4, 0.5) is 10.7 Å². The first-order valence-electron chi connectivity index (χ1n) is 21.3. The van der Waals surface area contributed by atoms with Gasteiger partial charge in [-0.2, -0.15) is 9.10 Å². The number of likely N-dealkylation sites (tertiary alicyclic amines) is 1. The Bertz CT molecular complexity index is 3080. The van der Waals surface area contributed by atoms with Gasteiger partial charge in [0.15, 0.2) is 15.8 Å². The number of amides is 1. The number of tetrazole rings is 1. The third kappa shape index (κ3) is 9.91. The van der Waals surface area contributed by atoms with E-state index in [1.165, 1.54) is 40.4 Å². The molecular formula is C47H51N9O9S2. The second-order valence-corrected chi connectivity index (χ2v) is 21.1. The van der Waals surface area contributed by atoms with Crippen LogP contribution in [0.15, 0.2) is 113 Å². The molecule has 0 aliphatic carbocycles. The van der Waals surface area contributed by atoms with Crippen molar-refractivity contribution in [2.45, 2.75) is 67.5 Å². The van der Waals surface area contributed by atoms with E-state index in [4.69, 9.17) is 29.8 Å². The smallest absolute Gasteiger partial charge is 0.410 e. The molecule has 0 spiro atoms. The van der Waals surface area contributed by atoms with E-state index in [-0.39, 0.29) is 62.0 Å². The maximum atomic E-state index is 16.2. The van der Waals surface area contributed by atoms with Gasteiger partial charge in [-0.25, -0.2) is 26.6 Å². The zero-order valence-electron chi connectivity index (χ0n) is 37.8. The van der Waals surface area contributed by atoms with Gasteiger partial charge in [0.2, 0.25) is 15.8 Å². The second-order valence-electron chi connectivity index (χ2n) is 17.0. The molecule has 20 heteroatoms. The predicted molar refractivity (Wildman–Crippen MR) is 251 cm³/mol. The molecule has 1 aliphatic heterocycles. The number of nitrogens with two attached hydrogens (primary N) is 1. The lowest BCUT2D eigenvalue weighted by Gasteiger charge is -2.27. The van der Waals surface area contributed by atoms with Crippen molar-refractivity contribution in [2.75, 3.05) is 40.2 Å². The number of rotatable bonds is 15. The van der Waals surface area contributed by atoms with E-state index >= 15 is 16.8 Å². The van der Waals surface area contributed by atoms with E-state index in [2.05, 4.69) is 20.3 Å². The molecule has 18 nitrogen and oxygen atoms in total. The molecule has 0 unspecified atom stereocenters. The number of nitrogens with zero attached hydrogens (tertiary/aromatic N) is 7. The molecule has 350 valence electrons. The van der Waals surface area contributed by atoms with Gasteiger partial charge in [-0.15, -0.1) is 10.2 Å². The average molecular weight is 950 g/mol. The fourth-order valence-corrected chi connectivity index (χ4v) is 12.1. The minimum Gasteiger partial charge on any atom is -0.497 e. The first-order chi connectivity index (χ1) is 32.0. The molecule has 5 aromatic carbocycles. The number of nitrogens with one attached hydrogen (secondary N) is 1. The first kappa shape index (κ1) is 46.5. The molecule has 0 radical (unpaired) electrons. The van der Waals surface area contributed by atoms with E-state index in [0.29, 0.717) is 45.0 Å². The van der Waals surface area contributed by atoms with Crippen LogP contribution in [0.2, 0.25) is 0 Å². The molecule has 1 atom stereocenters. The number of hydrogen-bond acceptors (Lipinski definition) is 14. The number of carbonyl (C=O) groups is 1. The highest BCUT2D eigenvalue weighted by atomic mass is 32.2. The average Bonchev–Trinajstić information content (AvgIpc) is 4.09. The Morgan fingerprint density at radius 3 is 1.94 bits per heavy atom. The number of anilines is 1. The predicted octanol–water partition coefficient (Wildman–Crippen LogP) is 6.71. The van der Waals surface area contributed by atoms with Gasteiger partial charge in [0.05, 0.1) is 54.6 Å². The number of para-hydroxylation sites is 1. The monoisotopic (exact) mass is 949 g/mol. The summed E-state index contributed by atoms with van der Waals surface area (Å²) in [5.74, 6) is 1.71. The van der Waals surface area contributed by atoms with Crippen LogP contribution < -0.4 is 19.9 Å². The van der Waals surface area contributed by atoms with E-state index in [1.807, 2.05) is 12.1 Å². The zero-order valence-corrected chi connectivity index (χ0v) is 39.5. The Hall–Kier alpha value is -7.03. The molecule has 3 N–H and O–H groups in total. The number of imidazole rings is 1. The third-order valence-corrected chi connectivity index (χ3v) is 15.5. The number of ether oxygens (including phenoxy) is 4. The fourth-order valence-electron chi connectivity index (χ4n) is 7.94. The van der Waals surface area contributed by atoms with Gasteiger partial charge in [-0.3, -0.25) is 0 Å². The van der Waals surface area contributed by atoms with Gasteiger partial charge in [0, 0.05) is 31.7 Å². The Labute approximate surface area is 388 Å². The molecule has 8 rings (SSSR count). The van der Waals surface area contributed by atoms with Crippen LogP contribution >= 0.6 is 0 Å². The number of H-pyrrole nitrogens is 1. The van der Waals surface area contributed by atoms with Crippen molar-refractivity contribution in [1.82, 2.24) is 39.4 Å². The van der Waals surface area contributed by atoms with Crippen LogP contribution in [-0.4, -0.2) is 108 Å². The van der Waals surface area contributed by atoms with Crippen molar-refractivity contribution in [3.63, 3.8) is 0 Å².